The lowest BCUT2D eigenvalue weighted by molar-refractivity contribution is 0.189. The predicted molar refractivity (Wildman–Crippen MR) is 71.2 cm³/mol. The lowest BCUT2D eigenvalue weighted by Gasteiger charge is -2.16. The van der Waals surface area contributed by atoms with Crippen LogP contribution in [0.5, 0.6) is 5.75 Å². The van der Waals surface area contributed by atoms with Crippen LogP contribution in [-0.2, 0) is 0 Å². The zero-order valence-corrected chi connectivity index (χ0v) is 11.6. The molecule has 1 aromatic carbocycles. The van der Waals surface area contributed by atoms with E-state index in [0.29, 0.717) is 17.9 Å². The van der Waals surface area contributed by atoms with Gasteiger partial charge in [0.2, 0.25) is 0 Å². The summed E-state index contributed by atoms with van der Waals surface area (Å²) < 4.78 is 18.7. The molecule has 0 saturated carbocycles. The first kappa shape index (κ1) is 15.5. The van der Waals surface area contributed by atoms with Crippen LogP contribution >= 0.6 is 0 Å². The third-order valence-electron chi connectivity index (χ3n) is 2.93. The van der Waals surface area contributed by atoms with Crippen LogP contribution in [0.3, 0.4) is 0 Å². The van der Waals surface area contributed by atoms with Crippen LogP contribution in [0.4, 0.5) is 4.39 Å². The SMILES string of the molecule is CC(O)c1cc(F)ccc1OCCCC(C)(C)C#N. The first-order valence-electron chi connectivity index (χ1n) is 6.37. The highest BCUT2D eigenvalue weighted by atomic mass is 19.1. The molecule has 0 saturated heterocycles. The van der Waals surface area contributed by atoms with Crippen molar-refractivity contribution in [3.05, 3.63) is 29.6 Å². The van der Waals surface area contributed by atoms with E-state index in [2.05, 4.69) is 6.07 Å². The molecule has 0 spiro atoms. The summed E-state index contributed by atoms with van der Waals surface area (Å²) in [6, 6.07) is 6.34. The van der Waals surface area contributed by atoms with Gasteiger partial charge < -0.3 is 9.84 Å². The van der Waals surface area contributed by atoms with Crippen molar-refractivity contribution in [3.8, 4) is 11.8 Å². The van der Waals surface area contributed by atoms with E-state index >= 15 is 0 Å². The van der Waals surface area contributed by atoms with Crippen LogP contribution in [0.15, 0.2) is 18.2 Å². The molecule has 19 heavy (non-hydrogen) atoms. The molecular formula is C15H20FNO2. The Kier molecular flexibility index (Phi) is 5.31. The molecule has 1 atom stereocenters. The number of aliphatic hydroxyl groups excluding tert-OH is 1. The second kappa shape index (κ2) is 6.53. The molecule has 0 amide bonds. The second-order valence-electron chi connectivity index (χ2n) is 5.31. The average Bonchev–Trinajstić information content (AvgIpc) is 2.36. The van der Waals surface area contributed by atoms with E-state index < -0.39 is 11.9 Å². The van der Waals surface area contributed by atoms with E-state index in [-0.39, 0.29) is 5.41 Å². The molecular weight excluding hydrogens is 245 g/mol. The molecule has 1 N–H and O–H groups in total. The van der Waals surface area contributed by atoms with Crippen molar-refractivity contribution in [2.24, 2.45) is 5.41 Å². The third-order valence-corrected chi connectivity index (χ3v) is 2.93. The molecule has 0 aliphatic rings. The Morgan fingerprint density at radius 2 is 2.16 bits per heavy atom. The molecule has 1 aromatic rings. The van der Waals surface area contributed by atoms with Crippen molar-refractivity contribution in [2.75, 3.05) is 6.61 Å². The van der Waals surface area contributed by atoms with Gasteiger partial charge >= 0.3 is 0 Å². The van der Waals surface area contributed by atoms with E-state index in [1.54, 1.807) is 6.92 Å². The number of rotatable bonds is 6. The minimum Gasteiger partial charge on any atom is -0.493 e. The first-order chi connectivity index (χ1) is 8.85. The molecule has 0 aliphatic carbocycles. The van der Waals surface area contributed by atoms with Crippen LogP contribution in [0, 0.1) is 22.6 Å². The quantitative estimate of drug-likeness (QED) is 0.800. The van der Waals surface area contributed by atoms with Crippen LogP contribution < -0.4 is 4.74 Å². The number of halogens is 1. The highest BCUT2D eigenvalue weighted by molar-refractivity contribution is 5.35. The molecule has 4 heteroatoms. The van der Waals surface area contributed by atoms with Crippen molar-refractivity contribution in [3.63, 3.8) is 0 Å². The van der Waals surface area contributed by atoms with E-state index in [4.69, 9.17) is 10.00 Å². The molecule has 0 aliphatic heterocycles. The Morgan fingerprint density at radius 1 is 1.47 bits per heavy atom. The first-order valence-corrected chi connectivity index (χ1v) is 6.37. The fraction of sp³-hybridized carbons (Fsp3) is 0.533. The van der Waals surface area contributed by atoms with Gasteiger partial charge in [-0.3, -0.25) is 0 Å². The maximum Gasteiger partial charge on any atom is 0.125 e. The number of nitrogens with zero attached hydrogens (tertiary/aromatic N) is 1. The monoisotopic (exact) mass is 265 g/mol. The van der Waals surface area contributed by atoms with Crippen molar-refractivity contribution < 1.29 is 14.2 Å². The van der Waals surface area contributed by atoms with Crippen LogP contribution in [0.2, 0.25) is 0 Å². The number of hydrogen-bond donors (Lipinski definition) is 1. The zero-order chi connectivity index (χ0) is 14.5. The van der Waals surface area contributed by atoms with Gasteiger partial charge in [-0.1, -0.05) is 0 Å². The normalized spacial score (nSPS) is 12.8. The summed E-state index contributed by atoms with van der Waals surface area (Å²) in [7, 11) is 0. The number of aliphatic hydroxyl groups is 1. The number of ether oxygens (including phenoxy) is 1. The lowest BCUT2D eigenvalue weighted by Crippen LogP contribution is -2.10. The predicted octanol–water partition coefficient (Wildman–Crippen LogP) is 3.59. The number of hydrogen-bond acceptors (Lipinski definition) is 3. The molecule has 0 heterocycles. The minimum atomic E-state index is -0.777. The van der Waals surface area contributed by atoms with Gasteiger partial charge in [0.25, 0.3) is 0 Å². The van der Waals surface area contributed by atoms with Crippen molar-refractivity contribution >= 4 is 0 Å². The number of benzene rings is 1. The van der Waals surface area contributed by atoms with E-state index in [0.717, 1.165) is 12.8 Å². The van der Waals surface area contributed by atoms with Gasteiger partial charge in [0.15, 0.2) is 0 Å². The van der Waals surface area contributed by atoms with Gasteiger partial charge in [-0.05, 0) is 51.8 Å². The highest BCUT2D eigenvalue weighted by Gasteiger charge is 2.16. The van der Waals surface area contributed by atoms with Crippen molar-refractivity contribution in [1.82, 2.24) is 0 Å². The van der Waals surface area contributed by atoms with Crippen LogP contribution in [-0.4, -0.2) is 11.7 Å². The molecule has 0 bridgehead atoms. The van der Waals surface area contributed by atoms with Gasteiger partial charge in [0.05, 0.1) is 24.2 Å². The maximum absolute atomic E-state index is 13.1. The van der Waals surface area contributed by atoms with Crippen molar-refractivity contribution in [1.29, 1.82) is 5.26 Å². The fourth-order valence-corrected chi connectivity index (χ4v) is 1.73. The zero-order valence-electron chi connectivity index (χ0n) is 11.6. The van der Waals surface area contributed by atoms with Gasteiger partial charge in [0, 0.05) is 5.56 Å². The summed E-state index contributed by atoms with van der Waals surface area (Å²) in [5.74, 6) is 0.0972. The van der Waals surface area contributed by atoms with Gasteiger partial charge in [-0.2, -0.15) is 5.26 Å². The van der Waals surface area contributed by atoms with Gasteiger partial charge in [0.1, 0.15) is 11.6 Å². The third kappa shape index (κ3) is 4.88. The Balaban J connectivity index is 2.57. The van der Waals surface area contributed by atoms with E-state index in [1.807, 2.05) is 13.8 Å². The Morgan fingerprint density at radius 3 is 2.74 bits per heavy atom. The highest BCUT2D eigenvalue weighted by Crippen LogP contribution is 2.27. The molecule has 0 fully saturated rings. The molecule has 104 valence electrons. The van der Waals surface area contributed by atoms with E-state index in [9.17, 15) is 9.50 Å². The fourth-order valence-electron chi connectivity index (χ4n) is 1.73. The summed E-state index contributed by atoms with van der Waals surface area (Å²) >= 11 is 0. The summed E-state index contributed by atoms with van der Waals surface area (Å²) in [4.78, 5) is 0. The Bertz CT molecular complexity index is 464. The standard InChI is InChI=1S/C15H20FNO2/c1-11(18)13-9-12(16)5-6-14(13)19-8-4-7-15(2,3)10-17/h5-6,9,11,18H,4,7-8H2,1-3H3. The average molecular weight is 265 g/mol. The Hall–Kier alpha value is -1.60. The Labute approximate surface area is 113 Å². The summed E-state index contributed by atoms with van der Waals surface area (Å²) in [5.41, 5.74) is 0.0822. The molecule has 1 unspecified atom stereocenters. The van der Waals surface area contributed by atoms with Gasteiger partial charge in [-0.15, -0.1) is 0 Å². The molecule has 3 nitrogen and oxygen atoms in total. The van der Waals surface area contributed by atoms with Gasteiger partial charge in [-0.25, -0.2) is 4.39 Å². The smallest absolute Gasteiger partial charge is 0.125 e. The lowest BCUT2D eigenvalue weighted by atomic mass is 9.90. The van der Waals surface area contributed by atoms with Crippen molar-refractivity contribution in [2.45, 2.75) is 39.7 Å². The second-order valence-corrected chi connectivity index (χ2v) is 5.31. The van der Waals surface area contributed by atoms with E-state index in [1.165, 1.54) is 18.2 Å². The summed E-state index contributed by atoms with van der Waals surface area (Å²) in [5, 5.41) is 18.5. The topological polar surface area (TPSA) is 53.2 Å². The number of nitriles is 1. The minimum absolute atomic E-state index is 0.362. The molecule has 0 aromatic heterocycles. The van der Waals surface area contributed by atoms with Crippen LogP contribution in [0.1, 0.15) is 45.3 Å². The largest absolute Gasteiger partial charge is 0.493 e. The molecule has 0 radical (unpaired) electrons. The summed E-state index contributed by atoms with van der Waals surface area (Å²) in [6.45, 7) is 5.77. The maximum atomic E-state index is 13.1. The molecule has 1 rings (SSSR count). The summed E-state index contributed by atoms with van der Waals surface area (Å²) in [6.07, 6.45) is 0.688. The van der Waals surface area contributed by atoms with Crippen LogP contribution in [0.25, 0.3) is 0 Å².